The maximum atomic E-state index is 11.5. The third-order valence-electron chi connectivity index (χ3n) is 2.93. The number of carbonyl (C=O) groups is 1. The van der Waals surface area contributed by atoms with E-state index in [0.717, 1.165) is 0 Å². The van der Waals surface area contributed by atoms with Gasteiger partial charge in [-0.05, 0) is 12.1 Å². The zero-order chi connectivity index (χ0) is 15.6. The van der Waals surface area contributed by atoms with E-state index in [1.165, 1.54) is 0 Å². The molecule has 0 radical (unpaired) electrons. The summed E-state index contributed by atoms with van der Waals surface area (Å²) in [6.45, 7) is 2.61. The Hall–Kier alpha value is -1.83. The highest BCUT2D eigenvalue weighted by Gasteiger charge is 2.19. The highest BCUT2D eigenvalue weighted by Crippen LogP contribution is 2.27. The quantitative estimate of drug-likeness (QED) is 0.805. The number of rotatable bonds is 1. The molecule has 0 spiro atoms. The maximum absolute atomic E-state index is 11.5. The summed E-state index contributed by atoms with van der Waals surface area (Å²) in [6, 6.07) is 7.09. The van der Waals surface area contributed by atoms with Gasteiger partial charge in [-0.3, -0.25) is 4.79 Å². The molecule has 1 heterocycles. The average molecular weight is 311 g/mol. The van der Waals surface area contributed by atoms with Gasteiger partial charge in [0.1, 0.15) is 6.61 Å². The zero-order valence-corrected chi connectivity index (χ0v) is 12.4. The summed E-state index contributed by atoms with van der Waals surface area (Å²) in [5, 5.41) is 0. The molecule has 1 atom stereocenters. The number of hydrogen-bond donors (Lipinski definition) is 1. The Labute approximate surface area is 129 Å². The van der Waals surface area contributed by atoms with Gasteiger partial charge in [-0.2, -0.15) is 0 Å². The molecule has 0 bridgehead atoms. The maximum Gasteiger partial charge on any atom is 0.260 e. The molecule has 1 aliphatic heterocycles. The van der Waals surface area contributed by atoms with Gasteiger partial charge in [0.15, 0.2) is 17.6 Å². The molecule has 1 unspecified atom stereocenters. The van der Waals surface area contributed by atoms with E-state index >= 15 is 0 Å². The van der Waals surface area contributed by atoms with Crippen LogP contribution in [0.25, 0.3) is 0 Å². The Balaban J connectivity index is 2.05. The van der Waals surface area contributed by atoms with Gasteiger partial charge in [-0.15, -0.1) is 0 Å². The van der Waals surface area contributed by atoms with E-state index in [4.69, 9.17) is 29.4 Å². The van der Waals surface area contributed by atoms with E-state index in [1.54, 1.807) is 18.2 Å². The van der Waals surface area contributed by atoms with Gasteiger partial charge < -0.3 is 29.4 Å². The van der Waals surface area contributed by atoms with Crippen LogP contribution in [-0.2, 0) is 19.0 Å². The fourth-order valence-corrected chi connectivity index (χ4v) is 1.84. The van der Waals surface area contributed by atoms with Gasteiger partial charge >= 0.3 is 0 Å². The van der Waals surface area contributed by atoms with Crippen LogP contribution in [0.4, 0.5) is 0 Å². The molecule has 1 amide bonds. The average Bonchev–Trinajstić information content (AvgIpc) is 2.52. The Kier molecular flexibility index (Phi) is 6.95. The minimum atomic E-state index is -0.883. The molecule has 1 aliphatic rings. The molecule has 0 saturated heterocycles. The molecule has 1 aromatic carbocycles. The number of primary amides is 1. The van der Waals surface area contributed by atoms with Crippen molar-refractivity contribution < 1.29 is 28.5 Å². The van der Waals surface area contributed by atoms with Crippen LogP contribution in [0.2, 0.25) is 0 Å². The molecular formula is C15H21NO6. The van der Waals surface area contributed by atoms with Crippen molar-refractivity contribution in [1.82, 2.24) is 0 Å². The van der Waals surface area contributed by atoms with E-state index in [0.29, 0.717) is 51.1 Å². The minimum Gasteiger partial charge on any atom is -0.487 e. The Bertz CT molecular complexity index is 467. The number of carbonyl (C=O) groups excluding carboxylic acids is 1. The molecule has 22 heavy (non-hydrogen) atoms. The lowest BCUT2D eigenvalue weighted by molar-refractivity contribution is -0.127. The molecule has 2 N–H and O–H groups in total. The topological polar surface area (TPSA) is 89.2 Å². The molecule has 2 rings (SSSR count). The van der Waals surface area contributed by atoms with Gasteiger partial charge in [-0.25, -0.2) is 0 Å². The number of para-hydroxylation sites is 2. The molecule has 7 nitrogen and oxygen atoms in total. The van der Waals surface area contributed by atoms with Crippen molar-refractivity contribution in [2.24, 2.45) is 5.73 Å². The Morgan fingerprint density at radius 3 is 2.18 bits per heavy atom. The first kappa shape index (κ1) is 16.5. The first-order valence-electron chi connectivity index (χ1n) is 7.18. The third kappa shape index (κ3) is 5.51. The van der Waals surface area contributed by atoms with Crippen LogP contribution < -0.4 is 15.2 Å². The van der Waals surface area contributed by atoms with Crippen molar-refractivity contribution in [2.75, 3.05) is 46.2 Å². The summed E-state index contributed by atoms with van der Waals surface area (Å²) in [7, 11) is 0. The molecule has 0 fully saturated rings. The zero-order valence-electron chi connectivity index (χ0n) is 12.4. The number of ether oxygens (including phenoxy) is 5. The number of benzene rings is 1. The lowest BCUT2D eigenvalue weighted by Crippen LogP contribution is -2.38. The largest absolute Gasteiger partial charge is 0.487 e. The van der Waals surface area contributed by atoms with Gasteiger partial charge in [-0.1, -0.05) is 12.1 Å². The van der Waals surface area contributed by atoms with Crippen molar-refractivity contribution in [3.63, 3.8) is 0 Å². The van der Waals surface area contributed by atoms with Crippen LogP contribution in [0.1, 0.15) is 0 Å². The summed E-state index contributed by atoms with van der Waals surface area (Å²) in [5.41, 5.74) is 5.35. The van der Waals surface area contributed by atoms with Crippen molar-refractivity contribution in [1.29, 1.82) is 0 Å². The van der Waals surface area contributed by atoms with E-state index in [2.05, 4.69) is 0 Å². The molecular weight excluding hydrogens is 290 g/mol. The SMILES string of the molecule is NC(=O)C1COCCOCCOCCOc2ccccc2O1. The predicted molar refractivity (Wildman–Crippen MR) is 78.0 cm³/mol. The molecule has 122 valence electrons. The van der Waals surface area contributed by atoms with Crippen molar-refractivity contribution >= 4 is 5.91 Å². The highest BCUT2D eigenvalue weighted by molar-refractivity contribution is 5.79. The molecule has 1 aromatic rings. The fraction of sp³-hybridized carbons (Fsp3) is 0.533. The van der Waals surface area contributed by atoms with Crippen LogP contribution in [0.15, 0.2) is 24.3 Å². The van der Waals surface area contributed by atoms with Gasteiger partial charge in [0.2, 0.25) is 0 Å². The van der Waals surface area contributed by atoms with E-state index in [1.807, 2.05) is 6.07 Å². The summed E-state index contributed by atoms with van der Waals surface area (Å²) < 4.78 is 27.3. The van der Waals surface area contributed by atoms with E-state index < -0.39 is 12.0 Å². The summed E-state index contributed by atoms with van der Waals surface area (Å²) in [5.74, 6) is 0.382. The summed E-state index contributed by atoms with van der Waals surface area (Å²) in [6.07, 6.45) is -0.883. The fourth-order valence-electron chi connectivity index (χ4n) is 1.84. The Morgan fingerprint density at radius 1 is 0.909 bits per heavy atom. The second-order valence-electron chi connectivity index (χ2n) is 4.60. The molecule has 0 aliphatic carbocycles. The van der Waals surface area contributed by atoms with Crippen molar-refractivity contribution in [3.8, 4) is 11.5 Å². The number of fused-ring (bicyclic) bond motifs is 1. The first-order valence-corrected chi connectivity index (χ1v) is 7.18. The smallest absolute Gasteiger partial charge is 0.260 e. The van der Waals surface area contributed by atoms with Gasteiger partial charge in [0, 0.05) is 0 Å². The minimum absolute atomic E-state index is 0.0591. The monoisotopic (exact) mass is 311 g/mol. The lowest BCUT2D eigenvalue weighted by atomic mass is 10.3. The third-order valence-corrected chi connectivity index (χ3v) is 2.93. The lowest BCUT2D eigenvalue weighted by Gasteiger charge is -2.18. The van der Waals surface area contributed by atoms with Crippen LogP contribution >= 0.6 is 0 Å². The second kappa shape index (κ2) is 9.24. The van der Waals surface area contributed by atoms with Crippen molar-refractivity contribution in [3.05, 3.63) is 24.3 Å². The van der Waals surface area contributed by atoms with Crippen LogP contribution in [0.3, 0.4) is 0 Å². The van der Waals surface area contributed by atoms with Gasteiger partial charge in [0.05, 0.1) is 39.6 Å². The summed E-state index contributed by atoms with van der Waals surface area (Å²) >= 11 is 0. The number of nitrogens with two attached hydrogens (primary N) is 1. The number of hydrogen-bond acceptors (Lipinski definition) is 6. The predicted octanol–water partition coefficient (Wildman–Crippen LogP) is 0.361. The molecule has 0 aromatic heterocycles. The van der Waals surface area contributed by atoms with E-state index in [9.17, 15) is 4.79 Å². The number of amides is 1. The second-order valence-corrected chi connectivity index (χ2v) is 4.60. The van der Waals surface area contributed by atoms with Gasteiger partial charge in [0.25, 0.3) is 5.91 Å². The normalized spacial score (nSPS) is 21.4. The van der Waals surface area contributed by atoms with Crippen molar-refractivity contribution in [2.45, 2.75) is 6.10 Å². The Morgan fingerprint density at radius 2 is 1.50 bits per heavy atom. The standard InChI is InChI=1S/C15H21NO6/c16-15(17)14-11-20-8-7-18-5-6-19-9-10-21-12-3-1-2-4-13(12)22-14/h1-4,14H,5-11H2,(H2,16,17). The molecule has 0 saturated carbocycles. The van der Waals surface area contributed by atoms with E-state index in [-0.39, 0.29) is 6.61 Å². The summed E-state index contributed by atoms with van der Waals surface area (Å²) in [4.78, 5) is 11.5. The van der Waals surface area contributed by atoms with Crippen LogP contribution in [0, 0.1) is 0 Å². The van der Waals surface area contributed by atoms with Crippen LogP contribution in [-0.4, -0.2) is 58.3 Å². The molecule has 7 heteroatoms. The first-order chi connectivity index (χ1) is 10.8. The van der Waals surface area contributed by atoms with Crippen LogP contribution in [0.5, 0.6) is 11.5 Å². The highest BCUT2D eigenvalue weighted by atomic mass is 16.6.